The highest BCUT2D eigenvalue weighted by Gasteiger charge is 2.36. The van der Waals surface area contributed by atoms with E-state index in [9.17, 15) is 9.59 Å². The summed E-state index contributed by atoms with van der Waals surface area (Å²) in [6, 6.07) is 38.2. The predicted octanol–water partition coefficient (Wildman–Crippen LogP) is 19.5. The van der Waals surface area contributed by atoms with Gasteiger partial charge in [-0.15, -0.1) is 0 Å². The maximum absolute atomic E-state index is 14.9. The first-order valence-electron chi connectivity index (χ1n) is 26.9. The van der Waals surface area contributed by atoms with Crippen molar-refractivity contribution < 1.29 is 19.1 Å². The van der Waals surface area contributed by atoms with Crippen LogP contribution in [-0.4, -0.2) is 11.9 Å². The van der Waals surface area contributed by atoms with Crippen LogP contribution in [0.25, 0.3) is 33.4 Å². The highest BCUT2D eigenvalue weighted by atomic mass is 16.5. The fourth-order valence-electron chi connectivity index (χ4n) is 9.99. The summed E-state index contributed by atoms with van der Waals surface area (Å²) in [5.41, 5.74) is 13.7. The summed E-state index contributed by atoms with van der Waals surface area (Å²) >= 11 is 0. The predicted molar refractivity (Wildman–Crippen MR) is 315 cm³/mol. The molecule has 0 fully saturated rings. The van der Waals surface area contributed by atoms with Gasteiger partial charge < -0.3 is 9.47 Å². The molecule has 0 atom stereocenters. The zero-order valence-electron chi connectivity index (χ0n) is 50.0. The molecule has 0 aliphatic rings. The number of hydrogen-bond acceptors (Lipinski definition) is 4. The lowest BCUT2D eigenvalue weighted by molar-refractivity contribution is 0.0721. The van der Waals surface area contributed by atoms with Crippen LogP contribution in [0.1, 0.15) is 231 Å². The first-order chi connectivity index (χ1) is 33.6. The molecule has 6 rings (SSSR count). The van der Waals surface area contributed by atoms with Gasteiger partial charge in [0.05, 0.1) is 11.1 Å². The molecule has 6 aromatic carbocycles. The molecule has 0 aromatic heterocycles. The van der Waals surface area contributed by atoms with Gasteiger partial charge in [0.2, 0.25) is 0 Å². The van der Waals surface area contributed by atoms with Crippen molar-refractivity contribution in [2.75, 3.05) is 0 Å². The summed E-state index contributed by atoms with van der Waals surface area (Å²) in [6.45, 7) is 53.1. The average Bonchev–Trinajstić information content (AvgIpc) is 3.25. The van der Waals surface area contributed by atoms with Crippen molar-refractivity contribution in [1.82, 2.24) is 0 Å². The molecule has 0 radical (unpaired) electrons. The first-order valence-corrected chi connectivity index (χ1v) is 26.9. The Balaban J connectivity index is 1.70. The van der Waals surface area contributed by atoms with Crippen molar-refractivity contribution in [3.8, 4) is 44.9 Å². The third-order valence-electron chi connectivity index (χ3n) is 14.4. The van der Waals surface area contributed by atoms with E-state index in [-0.39, 0.29) is 33.6 Å². The molecule has 0 N–H and O–H groups in total. The second kappa shape index (κ2) is 19.8. The quantitative estimate of drug-likeness (QED) is 0.118. The number of carbonyl (C=O) groups is 2. The number of hydrogen-bond donors (Lipinski definition) is 0. The van der Waals surface area contributed by atoms with Gasteiger partial charge >= 0.3 is 11.9 Å². The van der Waals surface area contributed by atoms with E-state index in [1.54, 1.807) is 0 Å². The fourth-order valence-corrected chi connectivity index (χ4v) is 9.99. The Morgan fingerprint density at radius 1 is 0.297 bits per heavy atom. The topological polar surface area (TPSA) is 52.6 Å². The van der Waals surface area contributed by atoms with Crippen molar-refractivity contribution in [2.45, 2.75) is 209 Å². The van der Waals surface area contributed by atoms with Crippen molar-refractivity contribution in [2.24, 2.45) is 0 Å². The van der Waals surface area contributed by atoms with E-state index in [0.29, 0.717) is 22.6 Å². The van der Waals surface area contributed by atoms with Crippen LogP contribution in [0.2, 0.25) is 0 Å². The molecule has 0 unspecified atom stereocenters. The number of ether oxygens (including phenoxy) is 2. The second-order valence-electron chi connectivity index (χ2n) is 29.2. The van der Waals surface area contributed by atoms with Crippen LogP contribution >= 0.6 is 0 Å². The van der Waals surface area contributed by atoms with Crippen molar-refractivity contribution in [3.63, 3.8) is 0 Å². The Bertz CT molecular complexity index is 3000. The Kier molecular flexibility index (Phi) is 15.4. The molecule has 0 amide bonds. The minimum atomic E-state index is -0.429. The summed E-state index contributed by atoms with van der Waals surface area (Å²) in [6.07, 6.45) is 0. The van der Waals surface area contributed by atoms with Gasteiger partial charge in [0.1, 0.15) is 11.5 Å². The van der Waals surface area contributed by atoms with Crippen LogP contribution in [0.4, 0.5) is 0 Å². The molecular weight excluding hydrogens is 905 g/mol. The summed E-state index contributed by atoms with van der Waals surface area (Å²) in [4.78, 5) is 29.8. The monoisotopic (exact) mass is 995 g/mol. The van der Waals surface area contributed by atoms with E-state index in [0.717, 1.165) is 66.8 Å². The van der Waals surface area contributed by atoms with E-state index in [1.165, 1.54) is 11.1 Å². The minimum Gasteiger partial charge on any atom is -0.423 e. The van der Waals surface area contributed by atoms with E-state index in [2.05, 4.69) is 263 Å². The molecular formula is C70H90O4. The standard InChI is InChI=1S/C70H90O4/c1-63(2,3)46-33-35-56(50(41-46)65(7,8)9)73-61(71)44-37-52(67(13,14)15)59(53(38-44)68(16,17)18)49-32-28-31-48(43-29-26-25-27-30-43)58(49)60-54(69(19,20)21)39-45(40-55(60)70(22,23)24)62(72)74-57-36-34-47(64(4,5)6)42-51(57)66(10,11)12/h25-42H,1-24H3. The molecule has 4 heteroatoms. The molecule has 0 aliphatic carbocycles. The van der Waals surface area contributed by atoms with Crippen LogP contribution in [-0.2, 0) is 43.3 Å². The van der Waals surface area contributed by atoms with E-state index < -0.39 is 21.7 Å². The SMILES string of the molecule is CC(C)(C)c1ccc(OC(=O)c2cc(C(C)(C)C)c(-c3cccc(-c4ccccc4)c3-c3c(C(C)(C)C)cc(C(=O)Oc4ccc(C(C)(C)C)cc4C(C)(C)C)cc3C(C)(C)C)c(C(C)(C)C)c2)c(C(C)(C)C)c1. The van der Waals surface area contributed by atoms with E-state index >= 15 is 0 Å². The van der Waals surface area contributed by atoms with Gasteiger partial charge in [-0.25, -0.2) is 9.59 Å². The van der Waals surface area contributed by atoms with E-state index in [1.807, 2.05) is 12.1 Å². The Morgan fingerprint density at radius 2 is 0.622 bits per heavy atom. The van der Waals surface area contributed by atoms with Gasteiger partial charge in [-0.2, -0.15) is 0 Å². The molecule has 394 valence electrons. The van der Waals surface area contributed by atoms with Gasteiger partial charge in [-0.1, -0.05) is 239 Å². The molecule has 6 aromatic rings. The van der Waals surface area contributed by atoms with Gasteiger partial charge in [-0.05, 0) is 146 Å². The van der Waals surface area contributed by atoms with Gasteiger partial charge in [0.25, 0.3) is 0 Å². The molecule has 0 saturated carbocycles. The second-order valence-corrected chi connectivity index (χ2v) is 29.2. The van der Waals surface area contributed by atoms with Crippen LogP contribution in [0, 0.1) is 0 Å². The maximum Gasteiger partial charge on any atom is 0.343 e. The van der Waals surface area contributed by atoms with Crippen LogP contribution in [0.15, 0.2) is 109 Å². The highest BCUT2D eigenvalue weighted by Crippen LogP contribution is 2.52. The third-order valence-corrected chi connectivity index (χ3v) is 14.4. The summed E-state index contributed by atoms with van der Waals surface area (Å²) in [7, 11) is 0. The summed E-state index contributed by atoms with van der Waals surface area (Å²) in [5.74, 6) is 0.394. The van der Waals surface area contributed by atoms with E-state index in [4.69, 9.17) is 9.47 Å². The Labute approximate surface area is 448 Å². The number of esters is 2. The van der Waals surface area contributed by atoms with Crippen LogP contribution in [0.5, 0.6) is 11.5 Å². The van der Waals surface area contributed by atoms with Gasteiger partial charge in [0, 0.05) is 11.1 Å². The summed E-state index contributed by atoms with van der Waals surface area (Å²) < 4.78 is 13.0. The zero-order valence-corrected chi connectivity index (χ0v) is 50.0. The van der Waals surface area contributed by atoms with Crippen LogP contribution < -0.4 is 9.47 Å². The Morgan fingerprint density at radius 3 is 0.946 bits per heavy atom. The van der Waals surface area contributed by atoms with Crippen LogP contribution in [0.3, 0.4) is 0 Å². The average molecular weight is 995 g/mol. The normalized spacial score (nSPS) is 13.2. The lowest BCUT2D eigenvalue weighted by atomic mass is 9.68. The summed E-state index contributed by atoms with van der Waals surface area (Å²) in [5, 5.41) is 0. The van der Waals surface area contributed by atoms with Crippen molar-refractivity contribution in [1.29, 1.82) is 0 Å². The smallest absolute Gasteiger partial charge is 0.343 e. The lowest BCUT2D eigenvalue weighted by Crippen LogP contribution is -2.24. The lowest BCUT2D eigenvalue weighted by Gasteiger charge is -2.35. The highest BCUT2D eigenvalue weighted by molar-refractivity contribution is 6.02. The molecule has 0 heterocycles. The third kappa shape index (κ3) is 12.5. The number of benzene rings is 6. The fraction of sp³-hybridized carbons (Fsp3) is 0.457. The minimum absolute atomic E-state index is 0.0662. The first kappa shape index (κ1) is 57.5. The Hall–Kier alpha value is -5.74. The number of carbonyl (C=O) groups excluding carboxylic acids is 2. The molecule has 0 spiro atoms. The molecule has 74 heavy (non-hydrogen) atoms. The maximum atomic E-state index is 14.9. The molecule has 0 saturated heterocycles. The largest absolute Gasteiger partial charge is 0.423 e. The molecule has 4 nitrogen and oxygen atoms in total. The molecule has 0 aliphatic heterocycles. The van der Waals surface area contributed by atoms with Crippen molar-refractivity contribution in [3.05, 3.63) is 165 Å². The van der Waals surface area contributed by atoms with Gasteiger partial charge in [0.15, 0.2) is 0 Å². The zero-order chi connectivity index (χ0) is 55.7. The molecule has 0 bridgehead atoms. The van der Waals surface area contributed by atoms with Crippen molar-refractivity contribution >= 4 is 11.9 Å². The number of rotatable bonds is 7. The van der Waals surface area contributed by atoms with Gasteiger partial charge in [-0.3, -0.25) is 0 Å².